The van der Waals surface area contributed by atoms with Crippen LogP contribution in [0, 0.1) is 11.8 Å². The molecule has 24 heavy (non-hydrogen) atoms. The lowest BCUT2D eigenvalue weighted by Crippen LogP contribution is -2.42. The first-order valence-corrected chi connectivity index (χ1v) is 8.78. The molecule has 2 aliphatic rings. The quantitative estimate of drug-likeness (QED) is 0.913. The van der Waals surface area contributed by atoms with E-state index in [1.165, 1.54) is 0 Å². The minimum absolute atomic E-state index is 0.0285. The summed E-state index contributed by atoms with van der Waals surface area (Å²) in [5.41, 5.74) is 0.879. The number of carbonyl (C=O) groups is 1. The average Bonchev–Trinajstić information content (AvgIpc) is 3.12. The van der Waals surface area contributed by atoms with Crippen LogP contribution in [0.15, 0.2) is 34.7 Å². The summed E-state index contributed by atoms with van der Waals surface area (Å²) in [6.07, 6.45) is 3.32. The van der Waals surface area contributed by atoms with Crippen LogP contribution in [0.4, 0.5) is 4.79 Å². The van der Waals surface area contributed by atoms with Crippen LogP contribution < -0.4 is 5.32 Å². The fourth-order valence-electron chi connectivity index (χ4n) is 3.45. The van der Waals surface area contributed by atoms with Gasteiger partial charge in [-0.05, 0) is 37.3 Å². The molecule has 2 atom stereocenters. The van der Waals surface area contributed by atoms with Crippen molar-refractivity contribution < 1.29 is 13.9 Å². The van der Waals surface area contributed by atoms with Crippen molar-refractivity contribution in [1.82, 2.24) is 10.2 Å². The molecule has 2 fully saturated rings. The fraction of sp³-hybridized carbons (Fsp3) is 0.526. The van der Waals surface area contributed by atoms with Gasteiger partial charge in [-0.1, -0.05) is 18.2 Å². The van der Waals surface area contributed by atoms with Crippen LogP contribution in [0.2, 0.25) is 0 Å². The normalized spacial score (nSPS) is 21.8. The van der Waals surface area contributed by atoms with Gasteiger partial charge in [0, 0.05) is 31.5 Å². The number of carbonyl (C=O) groups excluding carboxylic acids is 1. The van der Waals surface area contributed by atoms with E-state index < -0.39 is 0 Å². The Kier molecular flexibility index (Phi) is 4.19. The van der Waals surface area contributed by atoms with E-state index in [0.717, 1.165) is 55.8 Å². The monoisotopic (exact) mass is 328 g/mol. The molecule has 2 unspecified atom stereocenters. The summed E-state index contributed by atoms with van der Waals surface area (Å²) < 4.78 is 11.4. The highest BCUT2D eigenvalue weighted by atomic mass is 16.5. The van der Waals surface area contributed by atoms with E-state index in [1.54, 1.807) is 4.90 Å². The molecule has 2 heterocycles. The molecular formula is C19H24N2O3. The zero-order valence-electron chi connectivity index (χ0n) is 14.0. The Morgan fingerprint density at radius 3 is 2.88 bits per heavy atom. The van der Waals surface area contributed by atoms with Crippen LogP contribution in [0.1, 0.15) is 31.1 Å². The Balaban J connectivity index is 1.46. The molecule has 1 aliphatic carbocycles. The average molecular weight is 328 g/mol. The lowest BCUT2D eigenvalue weighted by Gasteiger charge is -2.24. The van der Waals surface area contributed by atoms with Crippen molar-refractivity contribution in [2.24, 2.45) is 11.8 Å². The molecular weight excluding hydrogens is 304 g/mol. The fourth-order valence-corrected chi connectivity index (χ4v) is 3.45. The smallest absolute Gasteiger partial charge is 0.317 e. The van der Waals surface area contributed by atoms with E-state index >= 15 is 0 Å². The van der Waals surface area contributed by atoms with Crippen molar-refractivity contribution in [2.45, 2.75) is 25.3 Å². The van der Waals surface area contributed by atoms with E-state index in [-0.39, 0.29) is 12.1 Å². The minimum Gasteiger partial charge on any atom is -0.459 e. The lowest BCUT2D eigenvalue weighted by molar-refractivity contribution is 0.169. The summed E-state index contributed by atoms with van der Waals surface area (Å²) in [4.78, 5) is 14.4. The van der Waals surface area contributed by atoms with Crippen LogP contribution in [0.3, 0.4) is 0 Å². The molecule has 1 saturated carbocycles. The van der Waals surface area contributed by atoms with Gasteiger partial charge in [0.15, 0.2) is 0 Å². The summed E-state index contributed by atoms with van der Waals surface area (Å²) in [5.74, 6) is 1.80. The molecule has 1 aliphatic heterocycles. The van der Waals surface area contributed by atoms with Gasteiger partial charge in [0.2, 0.25) is 0 Å². The van der Waals surface area contributed by atoms with E-state index in [9.17, 15) is 4.79 Å². The Morgan fingerprint density at radius 1 is 1.33 bits per heavy atom. The SMILES string of the molecule is CN(CC1CCOC1)C(=O)NC(c1cc2ccccc2o1)C1CC1. The molecule has 2 aromatic rings. The maximum Gasteiger partial charge on any atom is 0.317 e. The standard InChI is InChI=1S/C19H24N2O3/c1-21(11-13-8-9-23-12-13)19(22)20-18(14-6-7-14)17-10-15-4-2-3-5-16(15)24-17/h2-5,10,13-14,18H,6-9,11-12H2,1H3,(H,20,22). The van der Waals surface area contributed by atoms with Crippen molar-refractivity contribution in [3.05, 3.63) is 36.1 Å². The highest BCUT2D eigenvalue weighted by molar-refractivity contribution is 5.78. The summed E-state index contributed by atoms with van der Waals surface area (Å²) in [6.45, 7) is 2.31. The molecule has 1 saturated heterocycles. The van der Waals surface area contributed by atoms with Gasteiger partial charge in [0.05, 0.1) is 12.6 Å². The van der Waals surface area contributed by atoms with E-state index in [4.69, 9.17) is 9.15 Å². The van der Waals surface area contributed by atoms with Gasteiger partial charge in [0.25, 0.3) is 0 Å². The number of furan rings is 1. The van der Waals surface area contributed by atoms with Gasteiger partial charge in [-0.3, -0.25) is 0 Å². The number of hydrogen-bond donors (Lipinski definition) is 1. The van der Waals surface area contributed by atoms with Gasteiger partial charge < -0.3 is 19.4 Å². The van der Waals surface area contributed by atoms with Crippen molar-refractivity contribution in [1.29, 1.82) is 0 Å². The van der Waals surface area contributed by atoms with Crippen LogP contribution >= 0.6 is 0 Å². The first-order chi connectivity index (χ1) is 11.7. The third-order valence-corrected chi connectivity index (χ3v) is 5.03. The van der Waals surface area contributed by atoms with Gasteiger partial charge in [-0.2, -0.15) is 0 Å². The second-order valence-electron chi connectivity index (χ2n) is 7.06. The Morgan fingerprint density at radius 2 is 2.17 bits per heavy atom. The lowest BCUT2D eigenvalue weighted by atomic mass is 10.1. The van der Waals surface area contributed by atoms with Crippen molar-refractivity contribution in [2.75, 3.05) is 26.8 Å². The summed E-state index contributed by atoms with van der Waals surface area (Å²) >= 11 is 0. The number of ether oxygens (including phenoxy) is 1. The number of para-hydroxylation sites is 1. The second-order valence-corrected chi connectivity index (χ2v) is 7.06. The van der Waals surface area contributed by atoms with Crippen molar-refractivity contribution in [3.63, 3.8) is 0 Å². The van der Waals surface area contributed by atoms with Crippen LogP contribution in [-0.4, -0.2) is 37.7 Å². The van der Waals surface area contributed by atoms with Crippen molar-refractivity contribution >= 4 is 17.0 Å². The van der Waals surface area contributed by atoms with Gasteiger partial charge in [0.1, 0.15) is 11.3 Å². The Labute approximate surface area is 141 Å². The van der Waals surface area contributed by atoms with E-state index in [0.29, 0.717) is 11.8 Å². The first kappa shape index (κ1) is 15.5. The highest BCUT2D eigenvalue weighted by Gasteiger charge is 2.36. The summed E-state index contributed by atoms with van der Waals surface area (Å²) in [7, 11) is 1.86. The number of urea groups is 1. The maximum atomic E-state index is 12.6. The molecule has 0 spiro atoms. The number of benzene rings is 1. The number of hydrogen-bond acceptors (Lipinski definition) is 3. The minimum atomic E-state index is -0.0350. The predicted molar refractivity (Wildman–Crippen MR) is 91.8 cm³/mol. The van der Waals surface area contributed by atoms with Gasteiger partial charge >= 0.3 is 6.03 Å². The van der Waals surface area contributed by atoms with Crippen LogP contribution in [-0.2, 0) is 4.74 Å². The topological polar surface area (TPSA) is 54.7 Å². The first-order valence-electron chi connectivity index (χ1n) is 8.78. The maximum absolute atomic E-state index is 12.6. The van der Waals surface area contributed by atoms with Gasteiger partial charge in [-0.15, -0.1) is 0 Å². The molecule has 5 nitrogen and oxygen atoms in total. The Bertz CT molecular complexity index is 683. The zero-order chi connectivity index (χ0) is 16.5. The number of fused-ring (bicyclic) bond motifs is 1. The Hall–Kier alpha value is -2.01. The van der Waals surface area contributed by atoms with Crippen molar-refractivity contribution in [3.8, 4) is 0 Å². The zero-order valence-corrected chi connectivity index (χ0v) is 14.0. The molecule has 128 valence electrons. The molecule has 0 bridgehead atoms. The largest absolute Gasteiger partial charge is 0.459 e. The number of amides is 2. The van der Waals surface area contributed by atoms with Gasteiger partial charge in [-0.25, -0.2) is 4.79 Å². The number of rotatable bonds is 5. The van der Waals surface area contributed by atoms with E-state index in [1.807, 2.05) is 31.3 Å². The van der Waals surface area contributed by atoms with E-state index in [2.05, 4.69) is 11.4 Å². The van der Waals surface area contributed by atoms with Crippen LogP contribution in [0.25, 0.3) is 11.0 Å². The molecule has 2 amide bonds. The summed E-state index contributed by atoms with van der Waals surface area (Å²) in [6, 6.07) is 9.98. The third kappa shape index (κ3) is 3.26. The number of nitrogens with zero attached hydrogens (tertiary/aromatic N) is 1. The highest BCUT2D eigenvalue weighted by Crippen LogP contribution is 2.42. The second kappa shape index (κ2) is 6.48. The molecule has 1 aromatic carbocycles. The molecule has 1 N–H and O–H groups in total. The van der Waals surface area contributed by atoms with Crippen LogP contribution in [0.5, 0.6) is 0 Å². The number of nitrogens with one attached hydrogen (secondary N) is 1. The molecule has 5 heteroatoms. The molecule has 1 aromatic heterocycles. The molecule has 0 radical (unpaired) electrons. The summed E-state index contributed by atoms with van der Waals surface area (Å²) in [5, 5.41) is 4.27. The molecule has 4 rings (SSSR count). The third-order valence-electron chi connectivity index (χ3n) is 5.03. The predicted octanol–water partition coefficient (Wildman–Crippen LogP) is 3.56.